The van der Waals surface area contributed by atoms with Crippen LogP contribution in [0.1, 0.15) is 23.2 Å². The fraction of sp³-hybridized carbons (Fsp3) is 0.429. The lowest BCUT2D eigenvalue weighted by Gasteiger charge is -2.33. The number of carbonyl (C=O) groups is 2. The Kier molecular flexibility index (Phi) is 3.52. The van der Waals surface area contributed by atoms with Crippen molar-refractivity contribution in [1.29, 1.82) is 0 Å². The van der Waals surface area contributed by atoms with Crippen LogP contribution in [-0.2, 0) is 9.53 Å². The zero-order valence-electron chi connectivity index (χ0n) is 11.1. The molecule has 0 saturated carbocycles. The van der Waals surface area contributed by atoms with Crippen molar-refractivity contribution in [1.82, 2.24) is 0 Å². The average Bonchev–Trinajstić information content (AvgIpc) is 2.74. The minimum atomic E-state index is -0.558. The summed E-state index contributed by atoms with van der Waals surface area (Å²) < 4.78 is 6.21. The number of Topliss-reactive ketones (excluding diaryl/α,β-unsaturated/α-hetero) is 1. The largest absolute Gasteiger partial charge is 0.381 e. The normalized spacial score (nSPS) is 18.9. The molecule has 0 atom stereocenters. The van der Waals surface area contributed by atoms with E-state index in [1.54, 1.807) is 6.07 Å². The molecular weight excluding hydrogens is 324 g/mol. The quantitative estimate of drug-likeness (QED) is 0.840. The Morgan fingerprint density at radius 1 is 1.30 bits per heavy atom. The molecule has 1 N–H and O–H groups in total. The number of rotatable bonds is 2. The number of benzene rings is 1. The fourth-order valence-electron chi connectivity index (χ4n) is 2.69. The molecule has 0 radical (unpaired) electrons. The van der Waals surface area contributed by atoms with Crippen molar-refractivity contribution in [3.05, 3.63) is 22.2 Å². The third kappa shape index (κ3) is 2.23. The van der Waals surface area contributed by atoms with E-state index in [0.717, 1.165) is 36.2 Å². The lowest BCUT2D eigenvalue weighted by molar-refractivity contribution is -0.112. The van der Waals surface area contributed by atoms with Crippen LogP contribution in [0.4, 0.5) is 11.4 Å². The SMILES string of the molecule is CN(c1cc2c(cc1Br)C(=O)C(=O)N2)C1CCOCC1. The molecule has 0 aromatic heterocycles. The lowest BCUT2D eigenvalue weighted by Crippen LogP contribution is -2.36. The summed E-state index contributed by atoms with van der Waals surface area (Å²) in [5, 5.41) is 2.61. The van der Waals surface area contributed by atoms with E-state index >= 15 is 0 Å². The summed E-state index contributed by atoms with van der Waals surface area (Å²) in [6.07, 6.45) is 1.95. The van der Waals surface area contributed by atoms with E-state index in [9.17, 15) is 9.59 Å². The second kappa shape index (κ2) is 5.18. The fourth-order valence-corrected chi connectivity index (χ4v) is 3.32. The van der Waals surface area contributed by atoms with Crippen molar-refractivity contribution in [2.24, 2.45) is 0 Å². The highest BCUT2D eigenvalue weighted by Gasteiger charge is 2.30. The van der Waals surface area contributed by atoms with Gasteiger partial charge < -0.3 is 15.0 Å². The minimum absolute atomic E-state index is 0.408. The van der Waals surface area contributed by atoms with Crippen molar-refractivity contribution >= 4 is 39.0 Å². The smallest absolute Gasteiger partial charge is 0.296 e. The van der Waals surface area contributed by atoms with Crippen molar-refractivity contribution in [2.75, 3.05) is 30.5 Å². The molecule has 2 aliphatic heterocycles. The number of anilines is 2. The summed E-state index contributed by atoms with van der Waals surface area (Å²) in [5.41, 5.74) is 2.01. The molecule has 20 heavy (non-hydrogen) atoms. The topological polar surface area (TPSA) is 58.6 Å². The third-order valence-electron chi connectivity index (χ3n) is 3.90. The molecule has 2 heterocycles. The molecule has 1 saturated heterocycles. The highest BCUT2D eigenvalue weighted by atomic mass is 79.9. The van der Waals surface area contributed by atoms with Gasteiger partial charge in [0.25, 0.3) is 11.7 Å². The van der Waals surface area contributed by atoms with Crippen LogP contribution in [0, 0.1) is 0 Å². The third-order valence-corrected chi connectivity index (χ3v) is 4.54. The summed E-state index contributed by atoms with van der Waals surface area (Å²) in [5.74, 6) is -1.03. The lowest BCUT2D eigenvalue weighted by atomic mass is 10.1. The van der Waals surface area contributed by atoms with Crippen LogP contribution in [0.25, 0.3) is 0 Å². The number of hydrogen-bond acceptors (Lipinski definition) is 4. The van der Waals surface area contributed by atoms with Crippen LogP contribution in [0.3, 0.4) is 0 Å². The van der Waals surface area contributed by atoms with Crippen LogP contribution in [0.5, 0.6) is 0 Å². The maximum absolute atomic E-state index is 11.7. The number of amides is 1. The van der Waals surface area contributed by atoms with Gasteiger partial charge in [0.1, 0.15) is 0 Å². The van der Waals surface area contributed by atoms with E-state index in [1.165, 1.54) is 0 Å². The summed E-state index contributed by atoms with van der Waals surface area (Å²) in [6.45, 7) is 1.54. The Balaban J connectivity index is 1.93. The Morgan fingerprint density at radius 2 is 2.00 bits per heavy atom. The Labute approximate surface area is 125 Å². The second-order valence-electron chi connectivity index (χ2n) is 5.09. The molecule has 1 amide bonds. The van der Waals surface area contributed by atoms with E-state index in [-0.39, 0.29) is 0 Å². The van der Waals surface area contributed by atoms with Gasteiger partial charge in [0.05, 0.1) is 16.9 Å². The summed E-state index contributed by atoms with van der Waals surface area (Å²) in [6, 6.07) is 3.99. The number of nitrogens with one attached hydrogen (secondary N) is 1. The number of ether oxygens (including phenoxy) is 1. The van der Waals surface area contributed by atoms with Gasteiger partial charge in [-0.15, -0.1) is 0 Å². The van der Waals surface area contributed by atoms with Crippen molar-refractivity contribution in [3.63, 3.8) is 0 Å². The Bertz CT molecular complexity index is 582. The molecule has 0 unspecified atom stereocenters. The van der Waals surface area contributed by atoms with Gasteiger partial charge in [-0.05, 0) is 40.9 Å². The van der Waals surface area contributed by atoms with E-state index in [0.29, 0.717) is 17.3 Å². The maximum atomic E-state index is 11.7. The number of nitrogens with zero attached hydrogens (tertiary/aromatic N) is 1. The summed E-state index contributed by atoms with van der Waals surface area (Å²) in [7, 11) is 2.03. The van der Waals surface area contributed by atoms with Crippen molar-refractivity contribution in [2.45, 2.75) is 18.9 Å². The Morgan fingerprint density at radius 3 is 2.70 bits per heavy atom. The van der Waals surface area contributed by atoms with Crippen LogP contribution in [0.15, 0.2) is 16.6 Å². The van der Waals surface area contributed by atoms with Gasteiger partial charge in [0.15, 0.2) is 0 Å². The minimum Gasteiger partial charge on any atom is -0.381 e. The molecular formula is C14H15BrN2O3. The monoisotopic (exact) mass is 338 g/mol. The molecule has 6 heteroatoms. The van der Waals surface area contributed by atoms with Crippen LogP contribution in [0.2, 0.25) is 0 Å². The molecule has 1 aromatic rings. The van der Waals surface area contributed by atoms with Gasteiger partial charge in [-0.25, -0.2) is 0 Å². The van der Waals surface area contributed by atoms with Crippen LogP contribution < -0.4 is 10.2 Å². The predicted molar refractivity (Wildman–Crippen MR) is 79.3 cm³/mol. The van der Waals surface area contributed by atoms with Crippen LogP contribution in [-0.4, -0.2) is 38.0 Å². The van der Waals surface area contributed by atoms with Gasteiger partial charge in [-0.1, -0.05) is 0 Å². The number of carbonyl (C=O) groups excluding carboxylic acids is 2. The molecule has 106 valence electrons. The first-order valence-corrected chi connectivity index (χ1v) is 7.37. The molecule has 2 aliphatic rings. The van der Waals surface area contributed by atoms with Crippen LogP contribution >= 0.6 is 15.9 Å². The molecule has 1 aromatic carbocycles. The molecule has 0 spiro atoms. The summed E-state index contributed by atoms with van der Waals surface area (Å²) >= 11 is 3.50. The standard InChI is InChI=1S/C14H15BrN2O3/c1-17(8-2-4-20-5-3-8)12-7-11-9(6-10(12)15)13(18)14(19)16-11/h6-8H,2-5H2,1H3,(H,16,18,19). The van der Waals surface area contributed by atoms with Gasteiger partial charge in [0.2, 0.25) is 0 Å². The van der Waals surface area contributed by atoms with Gasteiger partial charge in [0, 0.05) is 30.8 Å². The first-order chi connectivity index (χ1) is 9.58. The van der Waals surface area contributed by atoms with E-state index in [1.807, 2.05) is 13.1 Å². The number of fused-ring (bicyclic) bond motifs is 1. The zero-order chi connectivity index (χ0) is 14.3. The van der Waals surface area contributed by atoms with E-state index < -0.39 is 11.7 Å². The van der Waals surface area contributed by atoms with Gasteiger partial charge >= 0.3 is 0 Å². The zero-order valence-corrected chi connectivity index (χ0v) is 12.7. The Hall–Kier alpha value is -1.40. The summed E-state index contributed by atoms with van der Waals surface area (Å²) in [4.78, 5) is 25.3. The molecule has 1 fully saturated rings. The maximum Gasteiger partial charge on any atom is 0.296 e. The number of hydrogen-bond donors (Lipinski definition) is 1. The van der Waals surface area contributed by atoms with Crippen molar-refractivity contribution < 1.29 is 14.3 Å². The molecule has 3 rings (SSSR count). The highest BCUT2D eigenvalue weighted by molar-refractivity contribution is 9.10. The first-order valence-electron chi connectivity index (χ1n) is 6.57. The number of ketones is 1. The average molecular weight is 339 g/mol. The van der Waals surface area contributed by atoms with E-state index in [2.05, 4.69) is 26.1 Å². The van der Waals surface area contributed by atoms with Gasteiger partial charge in [-0.2, -0.15) is 0 Å². The molecule has 0 aliphatic carbocycles. The van der Waals surface area contributed by atoms with E-state index in [4.69, 9.17) is 4.74 Å². The van der Waals surface area contributed by atoms with Crippen molar-refractivity contribution in [3.8, 4) is 0 Å². The first kappa shape index (κ1) is 13.6. The number of halogens is 1. The predicted octanol–water partition coefficient (Wildman–Crippen LogP) is 2.20. The molecule has 5 nitrogen and oxygen atoms in total. The second-order valence-corrected chi connectivity index (χ2v) is 5.94. The molecule has 0 bridgehead atoms. The highest BCUT2D eigenvalue weighted by Crippen LogP contribution is 2.36. The van der Waals surface area contributed by atoms with Gasteiger partial charge in [-0.3, -0.25) is 9.59 Å².